The van der Waals surface area contributed by atoms with Gasteiger partial charge in [0.15, 0.2) is 5.15 Å². The number of carbonyl (C=O) groups is 2. The third-order valence-corrected chi connectivity index (χ3v) is 8.11. The first kappa shape index (κ1) is 32.5. The molecular formula is C31H35ClN8O6. The molecule has 1 fully saturated rings. The molecule has 2 aromatic heterocycles. The van der Waals surface area contributed by atoms with Crippen molar-refractivity contribution in [1.29, 1.82) is 0 Å². The van der Waals surface area contributed by atoms with E-state index in [9.17, 15) is 19.7 Å². The number of nitrogens with one attached hydrogen (secondary N) is 1. The normalized spacial score (nSPS) is 14.4. The Hall–Kier alpha value is -4.85. The minimum absolute atomic E-state index is 0.0717. The highest BCUT2D eigenvalue weighted by atomic mass is 35.5. The van der Waals surface area contributed by atoms with Crippen LogP contribution in [0.25, 0.3) is 22.5 Å². The topological polar surface area (TPSA) is 171 Å². The zero-order valence-electron chi connectivity index (χ0n) is 25.4. The Kier molecular flexibility index (Phi) is 10.9. The Labute approximate surface area is 270 Å². The van der Waals surface area contributed by atoms with Crippen LogP contribution in [0.2, 0.25) is 5.15 Å². The van der Waals surface area contributed by atoms with Crippen LogP contribution in [0.1, 0.15) is 67.3 Å². The smallest absolute Gasteiger partial charge is 0.328 e. The molecule has 15 heteroatoms. The van der Waals surface area contributed by atoms with Crippen molar-refractivity contribution < 1.29 is 24.3 Å². The number of rotatable bonds is 15. The number of unbranched alkanes of at least 4 members (excludes halogenated alkanes) is 2. The molecule has 1 saturated heterocycles. The molecule has 242 valence electrons. The molecule has 0 saturated carbocycles. The van der Waals surface area contributed by atoms with Gasteiger partial charge >= 0.3 is 5.97 Å². The number of imidazole rings is 1. The molecule has 0 radical (unpaired) electrons. The molecule has 0 spiro atoms. The van der Waals surface area contributed by atoms with Crippen LogP contribution in [0.4, 0.5) is 0 Å². The van der Waals surface area contributed by atoms with Crippen molar-refractivity contribution in [2.75, 3.05) is 19.8 Å². The molecule has 0 aliphatic carbocycles. The number of likely N-dealkylation sites (tertiary alicyclic amines) is 1. The number of aromatic amines is 1. The minimum Gasteiger partial charge on any atom is -0.464 e. The summed E-state index contributed by atoms with van der Waals surface area (Å²) >= 11 is 6.65. The highest BCUT2D eigenvalue weighted by Gasteiger charge is 2.38. The van der Waals surface area contributed by atoms with E-state index >= 15 is 0 Å². The maximum absolute atomic E-state index is 14.0. The maximum Gasteiger partial charge on any atom is 0.328 e. The van der Waals surface area contributed by atoms with Crippen LogP contribution in [-0.4, -0.2) is 77.8 Å². The van der Waals surface area contributed by atoms with Crippen molar-refractivity contribution >= 4 is 23.5 Å². The summed E-state index contributed by atoms with van der Waals surface area (Å²) in [5.41, 5.74) is 3.97. The third-order valence-electron chi connectivity index (χ3n) is 7.84. The van der Waals surface area contributed by atoms with Crippen LogP contribution in [-0.2, 0) is 27.3 Å². The van der Waals surface area contributed by atoms with Gasteiger partial charge in [-0.15, -0.1) is 20.3 Å². The zero-order valence-corrected chi connectivity index (χ0v) is 26.2. The monoisotopic (exact) mass is 650 g/mol. The van der Waals surface area contributed by atoms with Crippen molar-refractivity contribution in [2.45, 2.75) is 64.5 Å². The molecule has 1 aliphatic heterocycles. The highest BCUT2D eigenvalue weighted by molar-refractivity contribution is 6.32. The summed E-state index contributed by atoms with van der Waals surface area (Å²) in [5, 5.41) is 24.0. The van der Waals surface area contributed by atoms with E-state index in [2.05, 4.69) is 37.4 Å². The number of nitrogens with zero attached hydrogens (tertiary/aromatic N) is 7. The Morgan fingerprint density at radius 3 is 2.57 bits per heavy atom. The number of ether oxygens (including phenoxy) is 1. The number of H-pyrrole nitrogens is 1. The summed E-state index contributed by atoms with van der Waals surface area (Å²) < 4.78 is 7.28. The van der Waals surface area contributed by atoms with Crippen molar-refractivity contribution in [1.82, 2.24) is 35.1 Å². The molecule has 1 atom stereocenters. The van der Waals surface area contributed by atoms with E-state index in [0.717, 1.165) is 35.1 Å². The summed E-state index contributed by atoms with van der Waals surface area (Å²) in [4.78, 5) is 47.7. The summed E-state index contributed by atoms with van der Waals surface area (Å²) in [6.45, 7) is 2.84. The van der Waals surface area contributed by atoms with Crippen molar-refractivity contribution in [3.05, 3.63) is 80.9 Å². The Bertz CT molecular complexity index is 1640. The van der Waals surface area contributed by atoms with Gasteiger partial charge in [-0.3, -0.25) is 4.79 Å². The van der Waals surface area contributed by atoms with Gasteiger partial charge in [0.25, 0.3) is 11.0 Å². The molecule has 4 aromatic rings. The molecule has 1 amide bonds. The number of aryl methyl sites for hydroxylation is 1. The van der Waals surface area contributed by atoms with Crippen molar-refractivity contribution in [2.24, 2.45) is 0 Å². The van der Waals surface area contributed by atoms with Crippen LogP contribution in [0.3, 0.4) is 0 Å². The fraction of sp³-hybridized carbons (Fsp3) is 0.419. The first-order valence-electron chi connectivity index (χ1n) is 15.3. The van der Waals surface area contributed by atoms with E-state index in [0.29, 0.717) is 56.8 Å². The molecule has 1 N–H and O–H groups in total. The number of esters is 1. The lowest BCUT2D eigenvalue weighted by Crippen LogP contribution is -2.42. The number of carbonyl (C=O) groups excluding carboxylic acids is 2. The standard InChI is InChI=1S/C31H35ClN8O6/c1-2-3-12-26-33-28(32)27(30(41)38-17-8-11-25(38)31(42)45-18-6-7-19-46-40(43)44)39(26)20-21-13-15-22(16-14-21)23-9-4-5-10-24(23)29-34-36-37-35-29/h4-5,9-10,13-16,25H,2-3,6-8,11-12,17-20H2,1H3,(H,34,35,36,37). The third kappa shape index (κ3) is 7.68. The van der Waals surface area contributed by atoms with E-state index in [4.69, 9.17) is 16.3 Å². The summed E-state index contributed by atoms with van der Waals surface area (Å²) in [5.74, 6) is 0.329. The Morgan fingerprint density at radius 2 is 1.85 bits per heavy atom. The molecule has 46 heavy (non-hydrogen) atoms. The van der Waals surface area contributed by atoms with E-state index in [1.54, 1.807) is 0 Å². The fourth-order valence-electron chi connectivity index (χ4n) is 5.55. The lowest BCUT2D eigenvalue weighted by molar-refractivity contribution is -0.757. The fourth-order valence-corrected chi connectivity index (χ4v) is 5.83. The van der Waals surface area contributed by atoms with Gasteiger partial charge in [-0.1, -0.05) is 73.5 Å². The van der Waals surface area contributed by atoms with Gasteiger partial charge in [0.2, 0.25) is 5.82 Å². The number of tetrazole rings is 1. The average molecular weight is 651 g/mol. The Morgan fingerprint density at radius 1 is 1.09 bits per heavy atom. The van der Waals surface area contributed by atoms with E-state index < -0.39 is 17.1 Å². The van der Waals surface area contributed by atoms with Crippen LogP contribution in [0, 0.1) is 10.1 Å². The second-order valence-electron chi connectivity index (χ2n) is 10.9. The molecule has 1 aliphatic rings. The number of benzene rings is 2. The number of hydrogen-bond donors (Lipinski definition) is 1. The molecule has 0 bridgehead atoms. The molecule has 5 rings (SSSR count). The lowest BCUT2D eigenvalue weighted by Gasteiger charge is -2.24. The minimum atomic E-state index is -0.855. The number of aromatic nitrogens is 6. The van der Waals surface area contributed by atoms with Gasteiger partial charge in [-0.05, 0) is 54.0 Å². The summed E-state index contributed by atoms with van der Waals surface area (Å²) in [6.07, 6.45) is 4.34. The SMILES string of the molecule is CCCCc1nc(Cl)c(C(=O)N2CCCC2C(=O)OCCCCO[N+](=O)[O-])n1Cc1ccc(-c2ccccc2-c2nn[nH]n2)cc1. The molecule has 3 heterocycles. The summed E-state index contributed by atoms with van der Waals surface area (Å²) in [6, 6.07) is 15.1. The molecular weight excluding hydrogens is 616 g/mol. The summed E-state index contributed by atoms with van der Waals surface area (Å²) in [7, 11) is 0. The molecule has 2 aromatic carbocycles. The van der Waals surface area contributed by atoms with E-state index in [1.165, 1.54) is 4.90 Å². The molecule has 14 nitrogen and oxygen atoms in total. The second kappa shape index (κ2) is 15.4. The van der Waals surface area contributed by atoms with Gasteiger partial charge in [0, 0.05) is 25.1 Å². The quantitative estimate of drug-likeness (QED) is 0.0806. The van der Waals surface area contributed by atoms with Gasteiger partial charge in [-0.2, -0.15) is 5.21 Å². The van der Waals surface area contributed by atoms with Gasteiger partial charge in [0.05, 0.1) is 13.2 Å². The van der Waals surface area contributed by atoms with Gasteiger partial charge in [0.1, 0.15) is 17.6 Å². The van der Waals surface area contributed by atoms with Crippen molar-refractivity contribution in [3.8, 4) is 22.5 Å². The van der Waals surface area contributed by atoms with Crippen molar-refractivity contribution in [3.63, 3.8) is 0 Å². The first-order valence-corrected chi connectivity index (χ1v) is 15.7. The van der Waals surface area contributed by atoms with Gasteiger partial charge in [-0.25, -0.2) is 9.78 Å². The highest BCUT2D eigenvalue weighted by Crippen LogP contribution is 2.31. The predicted molar refractivity (Wildman–Crippen MR) is 167 cm³/mol. The van der Waals surface area contributed by atoms with Crippen LogP contribution < -0.4 is 0 Å². The number of amides is 1. The Balaban J connectivity index is 1.33. The maximum atomic E-state index is 14.0. The van der Waals surface area contributed by atoms with Gasteiger partial charge < -0.3 is 19.0 Å². The van der Waals surface area contributed by atoms with E-state index in [-0.39, 0.29) is 30.0 Å². The van der Waals surface area contributed by atoms with Crippen LogP contribution in [0.5, 0.6) is 0 Å². The zero-order chi connectivity index (χ0) is 32.5. The molecule has 1 unspecified atom stereocenters. The van der Waals surface area contributed by atoms with Crippen LogP contribution >= 0.6 is 11.6 Å². The average Bonchev–Trinajstić information content (AvgIpc) is 3.83. The second-order valence-corrected chi connectivity index (χ2v) is 11.3. The lowest BCUT2D eigenvalue weighted by atomic mass is 9.98. The number of halogens is 1. The largest absolute Gasteiger partial charge is 0.464 e. The predicted octanol–water partition coefficient (Wildman–Crippen LogP) is 4.91. The number of hydrogen-bond acceptors (Lipinski definition) is 10. The van der Waals surface area contributed by atoms with Crippen LogP contribution in [0.15, 0.2) is 48.5 Å². The first-order chi connectivity index (χ1) is 22.4. The van der Waals surface area contributed by atoms with E-state index in [1.807, 2.05) is 53.1 Å².